The average molecular weight is 302 g/mol. The Kier molecular flexibility index (Phi) is 3.34. The number of benzene rings is 2. The number of hydrogen-bond donors (Lipinski definition) is 1. The minimum atomic E-state index is -1.18. The summed E-state index contributed by atoms with van der Waals surface area (Å²) in [6.07, 6.45) is 1.28. The Hall–Kier alpha value is -3.16. The summed E-state index contributed by atoms with van der Waals surface area (Å²) in [5, 5.41) is 19.8. The zero-order chi connectivity index (χ0) is 15.7. The van der Waals surface area contributed by atoms with Crippen molar-refractivity contribution in [2.24, 2.45) is 0 Å². The van der Waals surface area contributed by atoms with Crippen molar-refractivity contribution in [3.8, 4) is 16.8 Å². The number of aromatic carboxylic acids is 1. The maximum Gasteiger partial charge on any atom is 0.335 e. The van der Waals surface area contributed by atoms with Gasteiger partial charge in [0.05, 0.1) is 11.3 Å². The molecule has 2 aromatic carbocycles. The summed E-state index contributed by atoms with van der Waals surface area (Å²) in [7, 11) is 0. The number of carboxylic acid groups (broad SMARTS) is 1. The first-order valence-electron chi connectivity index (χ1n) is 6.12. The molecule has 1 aromatic heterocycles. The minimum absolute atomic E-state index is 0.0632. The molecule has 0 aliphatic carbocycles. The molecule has 3 aromatic rings. The first-order valence-corrected chi connectivity index (χ1v) is 6.12. The van der Waals surface area contributed by atoms with Gasteiger partial charge in [-0.05, 0) is 46.3 Å². The summed E-state index contributed by atoms with van der Waals surface area (Å²) in [6.45, 7) is 0. The third kappa shape index (κ3) is 2.53. The second kappa shape index (κ2) is 5.32. The van der Waals surface area contributed by atoms with Gasteiger partial charge in [0, 0.05) is 11.6 Å². The van der Waals surface area contributed by atoms with Crippen LogP contribution in [-0.2, 0) is 0 Å². The molecule has 0 aliphatic heterocycles. The van der Waals surface area contributed by atoms with E-state index in [4.69, 9.17) is 0 Å². The van der Waals surface area contributed by atoms with Crippen LogP contribution in [0.25, 0.3) is 16.8 Å². The second-order valence-corrected chi connectivity index (χ2v) is 4.45. The molecule has 110 valence electrons. The summed E-state index contributed by atoms with van der Waals surface area (Å²) in [5.74, 6) is -2.68. The van der Waals surface area contributed by atoms with Crippen molar-refractivity contribution in [2.45, 2.75) is 0 Å². The van der Waals surface area contributed by atoms with E-state index in [1.165, 1.54) is 35.3 Å². The van der Waals surface area contributed by atoms with Crippen molar-refractivity contribution in [3.05, 3.63) is 59.9 Å². The molecular weight excluding hydrogens is 294 g/mol. The molecule has 6 nitrogen and oxygen atoms in total. The molecule has 0 saturated heterocycles. The van der Waals surface area contributed by atoms with Gasteiger partial charge in [0.1, 0.15) is 18.0 Å². The van der Waals surface area contributed by atoms with Crippen LogP contribution in [0.1, 0.15) is 10.4 Å². The van der Waals surface area contributed by atoms with Crippen LogP contribution >= 0.6 is 0 Å². The van der Waals surface area contributed by atoms with Crippen LogP contribution in [0, 0.1) is 11.6 Å². The molecule has 0 atom stereocenters. The number of tetrazole rings is 1. The van der Waals surface area contributed by atoms with Crippen molar-refractivity contribution in [1.82, 2.24) is 20.2 Å². The third-order valence-corrected chi connectivity index (χ3v) is 3.02. The fourth-order valence-electron chi connectivity index (χ4n) is 2.03. The molecule has 0 unspecified atom stereocenters. The Bertz CT molecular complexity index is 850. The van der Waals surface area contributed by atoms with Gasteiger partial charge in [-0.3, -0.25) is 0 Å². The van der Waals surface area contributed by atoms with Gasteiger partial charge >= 0.3 is 5.97 Å². The molecule has 1 N–H and O–H groups in total. The highest BCUT2D eigenvalue weighted by molar-refractivity contribution is 5.90. The molecule has 0 fully saturated rings. The van der Waals surface area contributed by atoms with E-state index in [2.05, 4.69) is 15.5 Å². The van der Waals surface area contributed by atoms with Crippen LogP contribution < -0.4 is 0 Å². The lowest BCUT2D eigenvalue weighted by Gasteiger charge is -2.08. The highest BCUT2D eigenvalue weighted by Crippen LogP contribution is 2.27. The summed E-state index contributed by atoms with van der Waals surface area (Å²) >= 11 is 0. The standard InChI is InChI=1S/C14H8F2N4O2/c15-10-1-2-12(13(16)6-10)8-3-9(14(21)22)5-11(4-8)20-7-17-18-19-20/h1-7H,(H,21,22). The Morgan fingerprint density at radius 2 is 1.95 bits per heavy atom. The molecule has 3 rings (SSSR count). The van der Waals surface area contributed by atoms with Crippen molar-refractivity contribution >= 4 is 5.97 Å². The lowest BCUT2D eigenvalue weighted by atomic mass is 10.0. The number of halogens is 2. The summed E-state index contributed by atoms with van der Waals surface area (Å²) in [4.78, 5) is 11.2. The first-order chi connectivity index (χ1) is 10.5. The van der Waals surface area contributed by atoms with Gasteiger partial charge in [-0.2, -0.15) is 0 Å². The fourth-order valence-corrected chi connectivity index (χ4v) is 2.03. The van der Waals surface area contributed by atoms with E-state index in [-0.39, 0.29) is 16.7 Å². The summed E-state index contributed by atoms with van der Waals surface area (Å²) in [6, 6.07) is 7.24. The first kappa shape index (κ1) is 13.8. The lowest BCUT2D eigenvalue weighted by Crippen LogP contribution is -2.02. The zero-order valence-electron chi connectivity index (χ0n) is 10.9. The molecular formula is C14H8F2N4O2. The number of aromatic nitrogens is 4. The molecule has 0 radical (unpaired) electrons. The summed E-state index contributed by atoms with van der Waals surface area (Å²) in [5.41, 5.74) is 0.650. The van der Waals surface area contributed by atoms with E-state index in [0.717, 1.165) is 12.1 Å². The van der Waals surface area contributed by atoms with Crippen LogP contribution in [0.15, 0.2) is 42.7 Å². The topological polar surface area (TPSA) is 80.9 Å². The zero-order valence-corrected chi connectivity index (χ0v) is 10.9. The maximum absolute atomic E-state index is 13.9. The third-order valence-electron chi connectivity index (χ3n) is 3.02. The largest absolute Gasteiger partial charge is 0.478 e. The van der Waals surface area contributed by atoms with E-state index >= 15 is 0 Å². The van der Waals surface area contributed by atoms with Crippen LogP contribution in [0.3, 0.4) is 0 Å². The number of nitrogens with zero attached hydrogens (tertiary/aromatic N) is 4. The highest BCUT2D eigenvalue weighted by atomic mass is 19.1. The predicted molar refractivity (Wildman–Crippen MR) is 71.5 cm³/mol. The van der Waals surface area contributed by atoms with Gasteiger partial charge < -0.3 is 5.11 Å². The van der Waals surface area contributed by atoms with Crippen molar-refractivity contribution < 1.29 is 18.7 Å². The fraction of sp³-hybridized carbons (Fsp3) is 0. The SMILES string of the molecule is O=C(O)c1cc(-c2ccc(F)cc2F)cc(-n2cnnn2)c1. The lowest BCUT2D eigenvalue weighted by molar-refractivity contribution is 0.0697. The van der Waals surface area contributed by atoms with Gasteiger partial charge in [0.25, 0.3) is 0 Å². The molecule has 0 saturated carbocycles. The monoisotopic (exact) mass is 302 g/mol. The molecule has 0 amide bonds. The van der Waals surface area contributed by atoms with Crippen LogP contribution in [0.5, 0.6) is 0 Å². The molecule has 8 heteroatoms. The molecule has 0 spiro atoms. The van der Waals surface area contributed by atoms with Gasteiger partial charge in [-0.1, -0.05) is 0 Å². The number of hydrogen-bond acceptors (Lipinski definition) is 4. The smallest absolute Gasteiger partial charge is 0.335 e. The average Bonchev–Trinajstić information content (AvgIpc) is 3.01. The number of carbonyl (C=O) groups is 1. The van der Waals surface area contributed by atoms with Gasteiger partial charge in [0.2, 0.25) is 0 Å². The van der Waals surface area contributed by atoms with E-state index in [1.807, 2.05) is 0 Å². The minimum Gasteiger partial charge on any atom is -0.478 e. The predicted octanol–water partition coefficient (Wildman–Crippen LogP) is 2.31. The van der Waals surface area contributed by atoms with E-state index < -0.39 is 17.6 Å². The molecule has 0 bridgehead atoms. The van der Waals surface area contributed by atoms with E-state index in [9.17, 15) is 18.7 Å². The van der Waals surface area contributed by atoms with E-state index in [0.29, 0.717) is 5.69 Å². The van der Waals surface area contributed by atoms with E-state index in [1.54, 1.807) is 0 Å². The Labute approximate surface area is 122 Å². The quantitative estimate of drug-likeness (QED) is 0.803. The second-order valence-electron chi connectivity index (χ2n) is 4.45. The van der Waals surface area contributed by atoms with Crippen LogP contribution in [0.4, 0.5) is 8.78 Å². The van der Waals surface area contributed by atoms with Gasteiger partial charge in [-0.25, -0.2) is 18.3 Å². The number of rotatable bonds is 3. The van der Waals surface area contributed by atoms with Crippen LogP contribution in [0.2, 0.25) is 0 Å². The van der Waals surface area contributed by atoms with Gasteiger partial charge in [0.15, 0.2) is 0 Å². The molecule has 1 heterocycles. The Morgan fingerprint density at radius 3 is 2.59 bits per heavy atom. The Morgan fingerprint density at radius 1 is 1.14 bits per heavy atom. The summed E-state index contributed by atoms with van der Waals surface area (Å²) < 4.78 is 28.2. The number of carboxylic acids is 1. The Balaban J connectivity index is 2.20. The van der Waals surface area contributed by atoms with Crippen molar-refractivity contribution in [1.29, 1.82) is 0 Å². The molecule has 22 heavy (non-hydrogen) atoms. The maximum atomic E-state index is 13.9. The molecule has 0 aliphatic rings. The highest BCUT2D eigenvalue weighted by Gasteiger charge is 2.13. The van der Waals surface area contributed by atoms with Gasteiger partial charge in [-0.15, -0.1) is 5.10 Å². The van der Waals surface area contributed by atoms with Crippen molar-refractivity contribution in [3.63, 3.8) is 0 Å². The van der Waals surface area contributed by atoms with Crippen LogP contribution in [-0.4, -0.2) is 31.3 Å². The van der Waals surface area contributed by atoms with Crippen molar-refractivity contribution in [2.75, 3.05) is 0 Å². The normalized spacial score (nSPS) is 10.6.